The van der Waals surface area contributed by atoms with E-state index in [2.05, 4.69) is 5.32 Å². The molecule has 0 aliphatic carbocycles. The molecular formula is C11H10Cl2N2O5S. The molecule has 1 saturated heterocycles. The Morgan fingerprint density at radius 3 is 2.57 bits per heavy atom. The van der Waals surface area contributed by atoms with Crippen molar-refractivity contribution >= 4 is 45.1 Å². The highest BCUT2D eigenvalue weighted by Gasteiger charge is 2.32. The third-order valence-corrected chi connectivity index (χ3v) is 5.60. The van der Waals surface area contributed by atoms with Crippen LogP contribution in [0.4, 0.5) is 0 Å². The third kappa shape index (κ3) is 2.98. The zero-order chi connectivity index (χ0) is 15.8. The highest BCUT2D eigenvalue weighted by molar-refractivity contribution is 7.89. The van der Waals surface area contributed by atoms with Crippen LogP contribution in [0.1, 0.15) is 10.4 Å². The van der Waals surface area contributed by atoms with E-state index < -0.39 is 32.5 Å². The van der Waals surface area contributed by atoms with Crippen molar-refractivity contribution in [3.05, 3.63) is 27.7 Å². The number of carboxylic acid groups (broad SMARTS) is 1. The molecule has 1 fully saturated rings. The maximum atomic E-state index is 12.5. The lowest BCUT2D eigenvalue weighted by Gasteiger charge is -2.26. The molecule has 1 aromatic rings. The molecule has 0 bridgehead atoms. The minimum absolute atomic E-state index is 0.0788. The number of halogens is 2. The second-order valence-corrected chi connectivity index (χ2v) is 6.92. The van der Waals surface area contributed by atoms with E-state index in [1.807, 2.05) is 0 Å². The van der Waals surface area contributed by atoms with Crippen molar-refractivity contribution in [2.75, 3.05) is 19.6 Å². The van der Waals surface area contributed by atoms with Gasteiger partial charge in [-0.25, -0.2) is 13.2 Å². The van der Waals surface area contributed by atoms with Crippen LogP contribution in [0.3, 0.4) is 0 Å². The number of amides is 1. The minimum Gasteiger partial charge on any atom is -0.478 e. The molecule has 0 radical (unpaired) electrons. The summed E-state index contributed by atoms with van der Waals surface area (Å²) in [4.78, 5) is 22.0. The van der Waals surface area contributed by atoms with Crippen LogP contribution in [0.2, 0.25) is 10.0 Å². The van der Waals surface area contributed by atoms with Gasteiger partial charge < -0.3 is 10.4 Å². The number of carboxylic acids is 1. The largest absolute Gasteiger partial charge is 0.478 e. The van der Waals surface area contributed by atoms with Crippen molar-refractivity contribution in [2.24, 2.45) is 0 Å². The average Bonchev–Trinajstić information content (AvgIpc) is 2.37. The summed E-state index contributed by atoms with van der Waals surface area (Å²) in [5.74, 6) is -1.87. The molecule has 1 aromatic carbocycles. The Labute approximate surface area is 130 Å². The zero-order valence-electron chi connectivity index (χ0n) is 10.5. The summed E-state index contributed by atoms with van der Waals surface area (Å²) in [6, 6.07) is 2.27. The van der Waals surface area contributed by atoms with E-state index in [0.717, 1.165) is 16.4 Å². The van der Waals surface area contributed by atoms with Crippen molar-refractivity contribution in [1.82, 2.24) is 9.62 Å². The van der Waals surface area contributed by atoms with E-state index in [1.54, 1.807) is 0 Å². The van der Waals surface area contributed by atoms with E-state index in [4.69, 9.17) is 28.3 Å². The fourth-order valence-corrected chi connectivity index (χ4v) is 4.18. The van der Waals surface area contributed by atoms with Crippen molar-refractivity contribution in [3.8, 4) is 0 Å². The number of rotatable bonds is 3. The SMILES string of the molecule is O=C1CN(S(=O)(=O)c2ccc(Cl)c(C(=O)O)c2Cl)CCN1. The summed E-state index contributed by atoms with van der Waals surface area (Å²) in [5.41, 5.74) is -0.485. The minimum atomic E-state index is -4.08. The second kappa shape index (κ2) is 5.80. The van der Waals surface area contributed by atoms with Crippen LogP contribution < -0.4 is 5.32 Å². The Morgan fingerprint density at radius 1 is 1.33 bits per heavy atom. The number of nitrogens with zero attached hydrogens (tertiary/aromatic N) is 1. The summed E-state index contributed by atoms with van der Waals surface area (Å²) in [6.07, 6.45) is 0. The second-order valence-electron chi connectivity index (χ2n) is 4.23. The van der Waals surface area contributed by atoms with Gasteiger partial charge in [-0.2, -0.15) is 4.31 Å². The number of piperazine rings is 1. The molecule has 114 valence electrons. The molecule has 0 aromatic heterocycles. The van der Waals surface area contributed by atoms with Crippen molar-refractivity contribution in [3.63, 3.8) is 0 Å². The van der Waals surface area contributed by atoms with Gasteiger partial charge in [-0.1, -0.05) is 23.2 Å². The van der Waals surface area contributed by atoms with Gasteiger partial charge in [-0.3, -0.25) is 4.79 Å². The topological polar surface area (TPSA) is 104 Å². The van der Waals surface area contributed by atoms with Crippen molar-refractivity contribution < 1.29 is 23.1 Å². The van der Waals surface area contributed by atoms with Gasteiger partial charge in [-0.05, 0) is 12.1 Å². The summed E-state index contributed by atoms with van der Waals surface area (Å²) in [6.45, 7) is -0.0891. The van der Waals surface area contributed by atoms with Gasteiger partial charge in [0.05, 0.1) is 22.2 Å². The predicted molar refractivity (Wildman–Crippen MR) is 75.2 cm³/mol. The number of carbonyl (C=O) groups excluding carboxylic acids is 1. The standard InChI is InChI=1S/C11H10Cl2N2O5S/c12-6-1-2-7(10(13)9(6)11(17)18)21(19,20)15-4-3-14-8(16)5-15/h1-2H,3-5H2,(H,14,16)(H,17,18). The quantitative estimate of drug-likeness (QED) is 0.837. The fourth-order valence-electron chi connectivity index (χ4n) is 1.89. The number of carbonyl (C=O) groups is 2. The first kappa shape index (κ1) is 16.0. The molecule has 0 atom stereocenters. The van der Waals surface area contributed by atoms with Gasteiger partial charge >= 0.3 is 5.97 Å². The van der Waals surface area contributed by atoms with Crippen LogP contribution in [-0.2, 0) is 14.8 Å². The number of sulfonamides is 1. The van der Waals surface area contributed by atoms with Gasteiger partial charge in [0.25, 0.3) is 0 Å². The van der Waals surface area contributed by atoms with Crippen LogP contribution >= 0.6 is 23.2 Å². The number of benzene rings is 1. The lowest BCUT2D eigenvalue weighted by molar-refractivity contribution is -0.122. The van der Waals surface area contributed by atoms with E-state index in [-0.39, 0.29) is 29.6 Å². The Morgan fingerprint density at radius 2 is 2.00 bits per heavy atom. The lowest BCUT2D eigenvalue weighted by atomic mass is 10.2. The Balaban J connectivity index is 2.53. The highest BCUT2D eigenvalue weighted by Crippen LogP contribution is 2.32. The molecule has 0 saturated carbocycles. The van der Waals surface area contributed by atoms with Gasteiger partial charge in [-0.15, -0.1) is 0 Å². The maximum absolute atomic E-state index is 12.5. The van der Waals surface area contributed by atoms with Gasteiger partial charge in [0.2, 0.25) is 15.9 Å². The molecule has 21 heavy (non-hydrogen) atoms. The normalized spacial score (nSPS) is 16.6. The molecule has 1 aliphatic rings. The molecule has 7 nitrogen and oxygen atoms in total. The van der Waals surface area contributed by atoms with Crippen molar-refractivity contribution in [1.29, 1.82) is 0 Å². The molecular weight excluding hydrogens is 343 g/mol. The van der Waals surface area contributed by atoms with E-state index in [1.165, 1.54) is 0 Å². The Kier molecular flexibility index (Phi) is 4.43. The molecule has 2 N–H and O–H groups in total. The first-order valence-electron chi connectivity index (χ1n) is 5.73. The number of hydrogen-bond donors (Lipinski definition) is 2. The molecule has 0 unspecified atom stereocenters. The predicted octanol–water partition coefficient (Wildman–Crippen LogP) is 0.812. The molecule has 10 heteroatoms. The van der Waals surface area contributed by atoms with Gasteiger partial charge in [0.1, 0.15) is 4.90 Å². The third-order valence-electron chi connectivity index (χ3n) is 2.89. The summed E-state index contributed by atoms with van der Waals surface area (Å²) >= 11 is 11.6. The maximum Gasteiger partial charge on any atom is 0.338 e. The first-order valence-corrected chi connectivity index (χ1v) is 7.93. The van der Waals surface area contributed by atoms with Crippen LogP contribution in [-0.4, -0.2) is 49.3 Å². The van der Waals surface area contributed by atoms with E-state index in [0.29, 0.717) is 0 Å². The zero-order valence-corrected chi connectivity index (χ0v) is 12.8. The van der Waals surface area contributed by atoms with Crippen LogP contribution in [0.5, 0.6) is 0 Å². The summed E-state index contributed by atoms with van der Waals surface area (Å²) < 4.78 is 25.9. The molecule has 1 amide bonds. The van der Waals surface area contributed by atoms with Crippen LogP contribution in [0.15, 0.2) is 17.0 Å². The van der Waals surface area contributed by atoms with Crippen molar-refractivity contribution in [2.45, 2.75) is 4.90 Å². The summed E-state index contributed by atoms with van der Waals surface area (Å²) in [7, 11) is -4.08. The Hall–Kier alpha value is -1.35. The number of nitrogens with one attached hydrogen (secondary N) is 1. The summed E-state index contributed by atoms with van der Waals surface area (Å²) in [5, 5.41) is 10.9. The van der Waals surface area contributed by atoms with E-state index >= 15 is 0 Å². The highest BCUT2D eigenvalue weighted by atomic mass is 35.5. The number of hydrogen-bond acceptors (Lipinski definition) is 4. The molecule has 0 spiro atoms. The first-order chi connectivity index (χ1) is 9.75. The molecule has 2 rings (SSSR count). The average molecular weight is 353 g/mol. The monoisotopic (exact) mass is 352 g/mol. The van der Waals surface area contributed by atoms with Gasteiger partial charge in [0.15, 0.2) is 0 Å². The van der Waals surface area contributed by atoms with Crippen LogP contribution in [0, 0.1) is 0 Å². The Bertz CT molecular complexity index is 720. The fraction of sp³-hybridized carbons (Fsp3) is 0.273. The van der Waals surface area contributed by atoms with Gasteiger partial charge in [0, 0.05) is 13.1 Å². The molecule has 1 aliphatic heterocycles. The lowest BCUT2D eigenvalue weighted by Crippen LogP contribution is -2.49. The molecule has 1 heterocycles. The van der Waals surface area contributed by atoms with Crippen LogP contribution in [0.25, 0.3) is 0 Å². The van der Waals surface area contributed by atoms with E-state index in [9.17, 15) is 18.0 Å². The number of aromatic carboxylic acids is 1. The smallest absolute Gasteiger partial charge is 0.338 e.